The van der Waals surface area contributed by atoms with Crippen LogP contribution in [0.15, 0.2) is 84.9 Å². The van der Waals surface area contributed by atoms with Crippen LogP contribution >= 0.6 is 0 Å². The molecule has 2 saturated heterocycles. The number of phenols is 1. The highest BCUT2D eigenvalue weighted by molar-refractivity contribution is 6.13. The molecule has 2 aliphatic heterocycles. The average molecular weight is 931 g/mol. The normalized spacial score (nSPS) is 13.9. The summed E-state index contributed by atoms with van der Waals surface area (Å²) in [4.78, 5) is 40.4. The smallest absolute Gasteiger partial charge is 0.340 e. The van der Waals surface area contributed by atoms with Crippen LogP contribution in [0.2, 0.25) is 0 Å². The third-order valence-corrected chi connectivity index (χ3v) is 13.0. The number of hydrogen-bond donors (Lipinski definition) is 5. The maximum absolute atomic E-state index is 15.2. The summed E-state index contributed by atoms with van der Waals surface area (Å²) in [6, 6.07) is 26.5. The Kier molecular flexibility index (Phi) is 13.4. The summed E-state index contributed by atoms with van der Waals surface area (Å²) in [6.45, 7) is 15.2. The molecule has 354 valence electrons. The number of nitrogens with zero attached hydrogens (tertiary/aromatic N) is 6. The van der Waals surface area contributed by atoms with Gasteiger partial charge in [-0.05, 0) is 104 Å². The number of piperazine rings is 2. The highest BCUT2D eigenvalue weighted by Crippen LogP contribution is 2.41. The number of hydrogen-bond acceptors (Lipinski definition) is 13. The van der Waals surface area contributed by atoms with Gasteiger partial charge in [0.15, 0.2) is 11.3 Å². The number of phenolic OH excluding ortho intramolecular Hbond substituents is 1. The quantitative estimate of drug-likeness (QED) is 0.0872. The second kappa shape index (κ2) is 19.9. The second-order valence-electron chi connectivity index (χ2n) is 17.2. The van der Waals surface area contributed by atoms with Crippen LogP contribution in [0.5, 0.6) is 5.75 Å². The van der Waals surface area contributed by atoms with E-state index in [9.17, 15) is 14.7 Å². The van der Waals surface area contributed by atoms with Gasteiger partial charge in [0, 0.05) is 97.4 Å². The van der Waals surface area contributed by atoms with E-state index in [0.717, 1.165) is 108 Å². The molecule has 0 aliphatic carbocycles. The molecule has 15 nitrogen and oxygen atoms in total. The molecule has 8 aromatic rings. The number of pyridine rings is 2. The summed E-state index contributed by atoms with van der Waals surface area (Å²) in [5.41, 5.74) is 11.6. The minimum atomic E-state index is -0.574. The number of ether oxygens (including phenoxy) is 2. The van der Waals surface area contributed by atoms with E-state index in [1.54, 1.807) is 18.2 Å². The fourth-order valence-corrected chi connectivity index (χ4v) is 9.28. The lowest BCUT2D eigenvalue weighted by atomic mass is 9.92. The Bertz CT molecular complexity index is 3190. The number of benzene rings is 4. The van der Waals surface area contributed by atoms with Gasteiger partial charge in [0.05, 0.1) is 47.5 Å². The third-order valence-electron chi connectivity index (χ3n) is 13.0. The number of esters is 2. The van der Waals surface area contributed by atoms with Crippen molar-refractivity contribution in [1.29, 1.82) is 0 Å². The SMILES string of the molecule is CCc1ccc(-c2nc3n[nH]c(C)c3c(-c3ccc(N4CCNCC4)cc3)c2C(=O)OC)c(F)c1.COC(=O)c1c(-c2ccc(O)c(C)c2)nc2n[nH]c(C)c2c1-c1ccc(N2CCNCC2)cc1. The standard InChI is InChI=1S/C27H28FN5O2.C26H27N5O3/c1-4-17-5-10-20(21(28)15-17)25-24(27(34)35-3)23(22-16(2)31-32-26(22)30-25)18-6-8-19(9-7-18)33-13-11-29-12-14-33;1-15-14-18(6-9-20(15)32)24-23(26(33)34-3)22(21-16(2)29-30-25(21)28-24)17-4-7-19(8-5-17)31-12-10-27-11-13-31/h5-10,15,29H,4,11-14H2,1-3H3,(H,30,31,32);4-9,14,27,32H,10-13H2,1-3H3,(H,28,29,30). The molecule has 69 heavy (non-hydrogen) atoms. The number of nitrogens with one attached hydrogen (secondary N) is 4. The molecule has 0 spiro atoms. The number of anilines is 2. The molecule has 10 rings (SSSR count). The molecule has 2 aliphatic rings. The zero-order chi connectivity index (χ0) is 48.3. The number of fused-ring (bicyclic) bond motifs is 2. The van der Waals surface area contributed by atoms with Crippen molar-refractivity contribution in [2.24, 2.45) is 0 Å². The number of aryl methyl sites for hydroxylation is 4. The van der Waals surface area contributed by atoms with E-state index in [2.05, 4.69) is 70.1 Å². The van der Waals surface area contributed by atoms with Gasteiger partial charge in [-0.1, -0.05) is 37.3 Å². The van der Waals surface area contributed by atoms with Gasteiger partial charge in [-0.15, -0.1) is 0 Å². The topological polar surface area (TPSA) is 187 Å². The van der Waals surface area contributed by atoms with E-state index in [1.165, 1.54) is 20.3 Å². The van der Waals surface area contributed by atoms with E-state index in [4.69, 9.17) is 14.5 Å². The predicted molar refractivity (Wildman–Crippen MR) is 268 cm³/mol. The number of halogens is 1. The van der Waals surface area contributed by atoms with Crippen LogP contribution in [0.25, 0.3) is 66.8 Å². The molecule has 4 aromatic carbocycles. The van der Waals surface area contributed by atoms with Gasteiger partial charge in [0.2, 0.25) is 0 Å². The highest BCUT2D eigenvalue weighted by atomic mass is 19.1. The minimum absolute atomic E-state index is 0.184. The van der Waals surface area contributed by atoms with Gasteiger partial charge in [-0.25, -0.2) is 23.9 Å². The average Bonchev–Trinajstić information content (AvgIpc) is 3.96. The van der Waals surface area contributed by atoms with Gasteiger partial charge >= 0.3 is 11.9 Å². The zero-order valence-corrected chi connectivity index (χ0v) is 39.6. The summed E-state index contributed by atoms with van der Waals surface area (Å²) >= 11 is 0. The van der Waals surface area contributed by atoms with E-state index in [1.807, 2.05) is 64.1 Å². The van der Waals surface area contributed by atoms with Crippen LogP contribution in [0.3, 0.4) is 0 Å². The fraction of sp³-hybridized carbons (Fsp3) is 0.283. The number of rotatable bonds is 9. The van der Waals surface area contributed by atoms with Gasteiger partial charge in [-0.3, -0.25) is 10.2 Å². The number of H-pyrrole nitrogens is 2. The van der Waals surface area contributed by atoms with Crippen molar-refractivity contribution in [3.8, 4) is 50.5 Å². The lowest BCUT2D eigenvalue weighted by Crippen LogP contribution is -2.43. The van der Waals surface area contributed by atoms with E-state index < -0.39 is 17.8 Å². The number of aromatic hydroxyl groups is 1. The van der Waals surface area contributed by atoms with Crippen molar-refractivity contribution in [3.05, 3.63) is 124 Å². The van der Waals surface area contributed by atoms with Crippen LogP contribution in [-0.2, 0) is 15.9 Å². The van der Waals surface area contributed by atoms with Gasteiger partial charge in [-0.2, -0.15) is 10.2 Å². The van der Waals surface area contributed by atoms with Crippen LogP contribution in [-0.4, -0.2) is 114 Å². The lowest BCUT2D eigenvalue weighted by Gasteiger charge is -2.29. The predicted octanol–water partition coefficient (Wildman–Crippen LogP) is 8.31. The van der Waals surface area contributed by atoms with Gasteiger partial charge < -0.3 is 35.0 Å². The Morgan fingerprint density at radius 2 is 1.10 bits per heavy atom. The molecular weight excluding hydrogens is 876 g/mol. The molecule has 0 atom stereocenters. The van der Waals surface area contributed by atoms with E-state index in [0.29, 0.717) is 45.7 Å². The van der Waals surface area contributed by atoms with E-state index >= 15 is 4.39 Å². The number of aromatic nitrogens is 6. The molecule has 0 amide bonds. The van der Waals surface area contributed by atoms with Crippen molar-refractivity contribution < 1.29 is 28.6 Å². The second-order valence-corrected chi connectivity index (χ2v) is 17.2. The molecule has 0 radical (unpaired) electrons. The summed E-state index contributed by atoms with van der Waals surface area (Å²) in [5, 5.41) is 33.0. The Morgan fingerprint density at radius 1 is 0.638 bits per heavy atom. The number of methoxy groups -OCH3 is 2. The maximum Gasteiger partial charge on any atom is 0.340 e. The van der Waals surface area contributed by atoms with Crippen LogP contribution < -0.4 is 20.4 Å². The largest absolute Gasteiger partial charge is 0.508 e. The van der Waals surface area contributed by atoms with Crippen molar-refractivity contribution in [2.45, 2.75) is 34.1 Å². The first-order chi connectivity index (χ1) is 33.5. The van der Waals surface area contributed by atoms with Crippen molar-refractivity contribution in [1.82, 2.24) is 41.0 Å². The summed E-state index contributed by atoms with van der Waals surface area (Å²) < 4.78 is 25.6. The number of carbonyl (C=O) groups excluding carboxylic acids is 2. The molecule has 0 bridgehead atoms. The van der Waals surface area contributed by atoms with Gasteiger partial charge in [0.25, 0.3) is 0 Å². The molecule has 0 saturated carbocycles. The molecule has 4 aromatic heterocycles. The Hall–Kier alpha value is -7.69. The lowest BCUT2D eigenvalue weighted by molar-refractivity contribution is 0.0593. The number of aromatic amines is 2. The Morgan fingerprint density at radius 3 is 1.55 bits per heavy atom. The van der Waals surface area contributed by atoms with Gasteiger partial charge in [0.1, 0.15) is 11.6 Å². The fourth-order valence-electron chi connectivity index (χ4n) is 9.28. The summed E-state index contributed by atoms with van der Waals surface area (Å²) in [7, 11) is 2.70. The Labute approximate surface area is 399 Å². The molecule has 16 heteroatoms. The molecule has 6 heterocycles. The highest BCUT2D eigenvalue weighted by Gasteiger charge is 2.29. The van der Waals surface area contributed by atoms with Crippen molar-refractivity contribution in [2.75, 3.05) is 76.4 Å². The van der Waals surface area contributed by atoms with Crippen molar-refractivity contribution in [3.63, 3.8) is 0 Å². The molecule has 5 N–H and O–H groups in total. The maximum atomic E-state index is 15.2. The number of carbonyl (C=O) groups is 2. The molecule has 2 fully saturated rings. The van der Waals surface area contributed by atoms with Crippen LogP contribution in [0.1, 0.15) is 50.2 Å². The first-order valence-corrected chi connectivity index (χ1v) is 23.1. The summed E-state index contributed by atoms with van der Waals surface area (Å²) in [6.07, 6.45) is 0.705. The minimum Gasteiger partial charge on any atom is -0.508 e. The molecular formula is C53H55FN10O5. The monoisotopic (exact) mass is 930 g/mol. The molecule has 0 unspecified atom stereocenters. The van der Waals surface area contributed by atoms with Crippen LogP contribution in [0, 0.1) is 26.6 Å². The Balaban J connectivity index is 0.000000172. The third kappa shape index (κ3) is 9.08. The van der Waals surface area contributed by atoms with Crippen LogP contribution in [0.4, 0.5) is 15.8 Å². The first-order valence-electron chi connectivity index (χ1n) is 23.1. The first kappa shape index (κ1) is 46.4. The summed E-state index contributed by atoms with van der Waals surface area (Å²) in [5.74, 6) is -1.30. The zero-order valence-electron chi connectivity index (χ0n) is 39.6. The van der Waals surface area contributed by atoms with E-state index in [-0.39, 0.29) is 22.6 Å². The van der Waals surface area contributed by atoms with Crippen molar-refractivity contribution >= 4 is 45.4 Å².